The number of hydrogen-bond donors (Lipinski definition) is 2. The van der Waals surface area contributed by atoms with Crippen molar-refractivity contribution in [3.05, 3.63) is 63.5 Å². The Morgan fingerprint density at radius 1 is 1.14 bits per heavy atom. The normalized spacial score (nSPS) is 12.2. The van der Waals surface area contributed by atoms with Gasteiger partial charge in [0.1, 0.15) is 11.5 Å². The van der Waals surface area contributed by atoms with Crippen LogP contribution < -0.4 is 0 Å². The van der Waals surface area contributed by atoms with Gasteiger partial charge in [-0.25, -0.2) is 0 Å². The Morgan fingerprint density at radius 2 is 1.86 bits per heavy atom. The molecule has 0 atom stereocenters. The van der Waals surface area contributed by atoms with Crippen molar-refractivity contribution in [2.24, 2.45) is 0 Å². The summed E-state index contributed by atoms with van der Waals surface area (Å²) in [5, 5.41) is 20.2. The second-order valence-corrected chi connectivity index (χ2v) is 7.82. The van der Waals surface area contributed by atoms with Gasteiger partial charge in [-0.2, -0.15) is 13.2 Å². The second-order valence-electron chi connectivity index (χ2n) is 6.76. The molecule has 0 spiro atoms. The molecule has 3 aromatic rings. The second kappa shape index (κ2) is 7.91. The zero-order valence-electron chi connectivity index (χ0n) is 15.8. The van der Waals surface area contributed by atoms with Crippen LogP contribution in [0.15, 0.2) is 36.4 Å². The fourth-order valence-corrected chi connectivity index (χ4v) is 4.32. The van der Waals surface area contributed by atoms with Crippen molar-refractivity contribution in [1.82, 2.24) is 0 Å². The van der Waals surface area contributed by atoms with Crippen molar-refractivity contribution in [3.63, 3.8) is 0 Å². The minimum Gasteiger partial charge on any atom is -0.508 e. The van der Waals surface area contributed by atoms with E-state index in [0.717, 1.165) is 35.5 Å². The van der Waals surface area contributed by atoms with Gasteiger partial charge in [0.15, 0.2) is 5.78 Å². The zero-order chi connectivity index (χ0) is 21.3. The number of fused-ring (bicyclic) bond motifs is 1. The lowest BCUT2D eigenvalue weighted by atomic mass is 10.0. The van der Waals surface area contributed by atoms with Crippen molar-refractivity contribution < 1.29 is 28.2 Å². The summed E-state index contributed by atoms with van der Waals surface area (Å²) < 4.78 is 39.5. The minimum absolute atomic E-state index is 0.0545. The first-order chi connectivity index (χ1) is 13.6. The minimum atomic E-state index is -4.44. The number of aryl methyl sites for hydroxylation is 2. The summed E-state index contributed by atoms with van der Waals surface area (Å²) in [5.41, 5.74) is 0.907. The van der Waals surface area contributed by atoms with E-state index in [-0.39, 0.29) is 17.3 Å². The molecule has 0 aliphatic heterocycles. The molecule has 0 unspecified atom stereocenters. The number of benzene rings is 2. The SMILES string of the molecule is CCCc1c(C(=O)C=Cc2cc(C)c(O)cc2O)sc2cc(C(F)(F)F)ccc12. The van der Waals surface area contributed by atoms with E-state index in [4.69, 9.17) is 0 Å². The van der Waals surface area contributed by atoms with Crippen LogP contribution in [0, 0.1) is 6.92 Å². The van der Waals surface area contributed by atoms with Crippen LogP contribution in [0.25, 0.3) is 16.2 Å². The number of allylic oxidation sites excluding steroid dienone is 1. The van der Waals surface area contributed by atoms with Gasteiger partial charge in [-0.15, -0.1) is 11.3 Å². The van der Waals surface area contributed by atoms with Crippen LogP contribution in [0.2, 0.25) is 0 Å². The number of halogens is 3. The van der Waals surface area contributed by atoms with E-state index in [9.17, 15) is 28.2 Å². The maximum Gasteiger partial charge on any atom is 0.416 e. The highest BCUT2D eigenvalue weighted by Gasteiger charge is 2.31. The number of alkyl halides is 3. The molecule has 2 aromatic carbocycles. The topological polar surface area (TPSA) is 57.5 Å². The molecule has 2 N–H and O–H groups in total. The van der Waals surface area contributed by atoms with Gasteiger partial charge < -0.3 is 10.2 Å². The third-order valence-corrected chi connectivity index (χ3v) is 5.81. The summed E-state index contributed by atoms with van der Waals surface area (Å²) in [5.74, 6) is -0.563. The van der Waals surface area contributed by atoms with Crippen LogP contribution in [0.4, 0.5) is 13.2 Å². The summed E-state index contributed by atoms with van der Waals surface area (Å²) in [6.45, 7) is 3.60. The molecular formula is C22H19F3O3S. The third kappa shape index (κ3) is 4.29. The van der Waals surface area contributed by atoms with Crippen molar-refractivity contribution in [3.8, 4) is 11.5 Å². The van der Waals surface area contributed by atoms with Crippen molar-refractivity contribution in [2.75, 3.05) is 0 Å². The Bertz CT molecular complexity index is 1110. The molecular weight excluding hydrogens is 401 g/mol. The molecule has 152 valence electrons. The molecule has 7 heteroatoms. The van der Waals surface area contributed by atoms with E-state index in [0.29, 0.717) is 32.5 Å². The van der Waals surface area contributed by atoms with Crippen molar-refractivity contribution in [1.29, 1.82) is 0 Å². The van der Waals surface area contributed by atoms with Gasteiger partial charge >= 0.3 is 6.18 Å². The van der Waals surface area contributed by atoms with Gasteiger partial charge in [0.2, 0.25) is 0 Å². The molecule has 0 bridgehead atoms. The fraction of sp³-hybridized carbons (Fsp3) is 0.227. The smallest absolute Gasteiger partial charge is 0.416 e. The lowest BCUT2D eigenvalue weighted by Gasteiger charge is -2.06. The maximum atomic E-state index is 13.0. The predicted molar refractivity (Wildman–Crippen MR) is 109 cm³/mol. The van der Waals surface area contributed by atoms with Gasteiger partial charge in [0.25, 0.3) is 0 Å². The average Bonchev–Trinajstić information content (AvgIpc) is 3.01. The first kappa shape index (κ1) is 20.9. The molecule has 0 saturated carbocycles. The first-order valence-corrected chi connectivity index (χ1v) is 9.81. The fourth-order valence-electron chi connectivity index (χ4n) is 3.11. The van der Waals surface area contributed by atoms with Crippen LogP contribution in [0.5, 0.6) is 11.5 Å². The highest BCUT2D eigenvalue weighted by Crippen LogP contribution is 2.38. The van der Waals surface area contributed by atoms with E-state index in [2.05, 4.69) is 0 Å². The highest BCUT2D eigenvalue weighted by molar-refractivity contribution is 7.21. The number of phenolic OH excluding ortho intramolecular Hbond substituents is 2. The Balaban J connectivity index is 2.02. The molecule has 0 saturated heterocycles. The molecule has 0 fully saturated rings. The van der Waals surface area contributed by atoms with E-state index in [1.807, 2.05) is 6.92 Å². The summed E-state index contributed by atoms with van der Waals surface area (Å²) in [6.07, 6.45) is -0.397. The van der Waals surface area contributed by atoms with Crippen LogP contribution in [0.3, 0.4) is 0 Å². The van der Waals surface area contributed by atoms with Gasteiger partial charge in [-0.05, 0) is 60.2 Å². The third-order valence-electron chi connectivity index (χ3n) is 4.60. The Morgan fingerprint density at radius 3 is 2.52 bits per heavy atom. The number of phenols is 2. The first-order valence-electron chi connectivity index (χ1n) is 8.99. The molecule has 0 radical (unpaired) electrons. The zero-order valence-corrected chi connectivity index (χ0v) is 16.6. The molecule has 1 aromatic heterocycles. The van der Waals surface area contributed by atoms with Crippen LogP contribution >= 0.6 is 11.3 Å². The van der Waals surface area contributed by atoms with Crippen LogP contribution in [-0.2, 0) is 12.6 Å². The number of carbonyl (C=O) groups is 1. The number of ketones is 1. The molecule has 3 nitrogen and oxygen atoms in total. The predicted octanol–water partition coefficient (Wildman–Crippen LogP) is 6.49. The average molecular weight is 420 g/mol. The van der Waals surface area contributed by atoms with E-state index in [1.54, 1.807) is 13.0 Å². The highest BCUT2D eigenvalue weighted by atomic mass is 32.1. The molecule has 1 heterocycles. The van der Waals surface area contributed by atoms with E-state index < -0.39 is 11.7 Å². The lowest BCUT2D eigenvalue weighted by molar-refractivity contribution is -0.137. The van der Waals surface area contributed by atoms with Gasteiger partial charge in [-0.1, -0.05) is 19.4 Å². The standard InChI is InChI=1S/C22H19F3O3S/c1-3-4-16-15-7-6-14(22(23,24)25)10-20(15)29-21(16)17(26)8-5-13-9-12(2)18(27)11-19(13)28/h5-11,27-28H,3-4H2,1-2H3. The van der Waals surface area contributed by atoms with E-state index >= 15 is 0 Å². The maximum absolute atomic E-state index is 13.0. The molecule has 0 aliphatic carbocycles. The molecule has 3 rings (SSSR count). The van der Waals surface area contributed by atoms with Crippen molar-refractivity contribution in [2.45, 2.75) is 32.9 Å². The van der Waals surface area contributed by atoms with Crippen LogP contribution in [-0.4, -0.2) is 16.0 Å². The molecule has 0 amide bonds. The Labute approximate surface area is 169 Å². The Kier molecular flexibility index (Phi) is 5.71. The number of thiophene rings is 1. The summed E-state index contributed by atoms with van der Waals surface area (Å²) in [6, 6.07) is 6.28. The summed E-state index contributed by atoms with van der Waals surface area (Å²) in [7, 11) is 0. The van der Waals surface area contributed by atoms with Crippen molar-refractivity contribution >= 4 is 33.3 Å². The Hall–Kier alpha value is -2.80. The molecule has 0 aliphatic rings. The number of aromatic hydroxyl groups is 2. The monoisotopic (exact) mass is 420 g/mol. The van der Waals surface area contributed by atoms with E-state index in [1.165, 1.54) is 24.3 Å². The van der Waals surface area contributed by atoms with Gasteiger partial charge in [-0.3, -0.25) is 4.79 Å². The van der Waals surface area contributed by atoms with Gasteiger partial charge in [0, 0.05) is 16.3 Å². The lowest BCUT2D eigenvalue weighted by Crippen LogP contribution is -2.03. The quantitative estimate of drug-likeness (QED) is 0.366. The summed E-state index contributed by atoms with van der Waals surface area (Å²) >= 11 is 1.04. The summed E-state index contributed by atoms with van der Waals surface area (Å²) in [4.78, 5) is 13.2. The molecule has 29 heavy (non-hydrogen) atoms. The van der Waals surface area contributed by atoms with Crippen LogP contribution in [0.1, 0.15) is 45.3 Å². The number of carbonyl (C=O) groups excluding carboxylic acids is 1. The van der Waals surface area contributed by atoms with Gasteiger partial charge in [0.05, 0.1) is 10.4 Å². The number of rotatable bonds is 5. The number of hydrogen-bond acceptors (Lipinski definition) is 4. The largest absolute Gasteiger partial charge is 0.508 e.